The Morgan fingerprint density at radius 2 is 1.97 bits per heavy atom. The molecule has 0 atom stereocenters. The third-order valence-electron chi connectivity index (χ3n) is 4.67. The lowest BCUT2D eigenvalue weighted by molar-refractivity contribution is -0.134. The number of aryl methyl sites for hydroxylation is 1. The molecule has 0 aliphatic heterocycles. The molecular formula is C23H33N3O3S. The van der Waals surface area contributed by atoms with E-state index in [1.165, 1.54) is 0 Å². The molecule has 0 unspecified atom stereocenters. The second-order valence-electron chi connectivity index (χ2n) is 8.45. The lowest BCUT2D eigenvalue weighted by Crippen LogP contribution is -2.34. The quantitative estimate of drug-likeness (QED) is 0.533. The highest BCUT2D eigenvalue weighted by Crippen LogP contribution is 2.21. The Morgan fingerprint density at radius 1 is 1.27 bits per heavy atom. The van der Waals surface area contributed by atoms with Crippen molar-refractivity contribution >= 4 is 15.7 Å². The molecule has 0 spiro atoms. The molecule has 1 heterocycles. The zero-order chi connectivity index (χ0) is 22.5. The second kappa shape index (κ2) is 10.1. The summed E-state index contributed by atoms with van der Waals surface area (Å²) in [4.78, 5) is 18.5. The summed E-state index contributed by atoms with van der Waals surface area (Å²) in [6.45, 7) is 14.6. The highest BCUT2D eigenvalue weighted by Gasteiger charge is 2.26. The van der Waals surface area contributed by atoms with Crippen LogP contribution in [0.4, 0.5) is 0 Å². The van der Waals surface area contributed by atoms with Crippen molar-refractivity contribution in [2.75, 3.05) is 6.54 Å². The largest absolute Gasteiger partial charge is 0.333 e. The maximum absolute atomic E-state index is 13.2. The number of carbonyl (C=O) groups excluding carboxylic acids is 1. The van der Waals surface area contributed by atoms with Gasteiger partial charge in [0.05, 0.1) is 24.2 Å². The number of hydrogen-bond donors (Lipinski definition) is 0. The van der Waals surface area contributed by atoms with Crippen LogP contribution in [0.2, 0.25) is 0 Å². The minimum absolute atomic E-state index is 0.00337. The van der Waals surface area contributed by atoms with Crippen molar-refractivity contribution in [1.29, 1.82) is 0 Å². The number of rotatable bonds is 10. The van der Waals surface area contributed by atoms with Crippen molar-refractivity contribution in [1.82, 2.24) is 14.5 Å². The van der Waals surface area contributed by atoms with E-state index in [4.69, 9.17) is 0 Å². The standard InChI is InChI=1S/C23H33N3O3S/c1-7-11-25(22(27)18(4)5)15-21-13-24-23(26(21)14-17(2)3)30(28,29)16-20-10-8-9-19(6)12-20/h7-10,12-13,17-18H,1,11,14-16H2,2-6H3. The Bertz CT molecular complexity index is 991. The summed E-state index contributed by atoms with van der Waals surface area (Å²) in [7, 11) is -3.64. The lowest BCUT2D eigenvalue weighted by Gasteiger charge is -2.24. The predicted octanol–water partition coefficient (Wildman–Crippen LogP) is 3.99. The number of hydrogen-bond acceptors (Lipinski definition) is 4. The highest BCUT2D eigenvalue weighted by atomic mass is 32.2. The summed E-state index contributed by atoms with van der Waals surface area (Å²) in [5, 5.41) is 0.0586. The van der Waals surface area contributed by atoms with Crippen LogP contribution < -0.4 is 0 Å². The molecule has 0 aliphatic rings. The average molecular weight is 432 g/mol. The normalized spacial score (nSPS) is 11.8. The highest BCUT2D eigenvalue weighted by molar-refractivity contribution is 7.90. The Hall–Kier alpha value is -2.41. The molecule has 2 aromatic rings. The van der Waals surface area contributed by atoms with E-state index in [9.17, 15) is 13.2 Å². The van der Waals surface area contributed by atoms with Gasteiger partial charge in [0.15, 0.2) is 0 Å². The van der Waals surface area contributed by atoms with Crippen LogP contribution in [0.3, 0.4) is 0 Å². The van der Waals surface area contributed by atoms with Gasteiger partial charge in [-0.1, -0.05) is 63.6 Å². The summed E-state index contributed by atoms with van der Waals surface area (Å²) in [5.41, 5.74) is 2.46. The van der Waals surface area contributed by atoms with E-state index in [-0.39, 0.29) is 28.7 Å². The van der Waals surface area contributed by atoms with Crippen molar-refractivity contribution < 1.29 is 13.2 Å². The molecule has 0 saturated carbocycles. The molecule has 1 amide bonds. The van der Waals surface area contributed by atoms with Gasteiger partial charge in [-0.25, -0.2) is 13.4 Å². The van der Waals surface area contributed by atoms with E-state index in [0.717, 1.165) is 11.1 Å². The van der Waals surface area contributed by atoms with Crippen molar-refractivity contribution in [2.45, 2.75) is 58.6 Å². The first-order valence-corrected chi connectivity index (χ1v) is 11.9. The lowest BCUT2D eigenvalue weighted by atomic mass is 10.2. The van der Waals surface area contributed by atoms with E-state index in [1.807, 2.05) is 58.9 Å². The van der Waals surface area contributed by atoms with Gasteiger partial charge in [-0.05, 0) is 18.4 Å². The fourth-order valence-electron chi connectivity index (χ4n) is 3.36. The Morgan fingerprint density at radius 3 is 2.53 bits per heavy atom. The Kier molecular flexibility index (Phi) is 8.01. The van der Waals surface area contributed by atoms with Crippen LogP contribution in [-0.2, 0) is 33.5 Å². The zero-order valence-corrected chi connectivity index (χ0v) is 19.4. The first-order chi connectivity index (χ1) is 14.0. The van der Waals surface area contributed by atoms with Gasteiger partial charge in [0.1, 0.15) is 0 Å². The number of amides is 1. The Labute approximate surface area is 180 Å². The number of nitrogens with zero attached hydrogens (tertiary/aromatic N) is 3. The SMILES string of the molecule is C=CCN(Cc1cnc(S(=O)(=O)Cc2cccc(C)c2)n1CC(C)C)C(=O)C(C)C. The molecule has 0 aliphatic carbocycles. The van der Waals surface area contributed by atoms with E-state index in [2.05, 4.69) is 11.6 Å². The van der Waals surface area contributed by atoms with Gasteiger partial charge in [0.25, 0.3) is 0 Å². The van der Waals surface area contributed by atoms with E-state index in [1.54, 1.807) is 21.7 Å². The van der Waals surface area contributed by atoms with Crippen LogP contribution in [0, 0.1) is 18.8 Å². The Balaban J connectivity index is 2.42. The molecule has 0 radical (unpaired) electrons. The first kappa shape index (κ1) is 23.9. The van der Waals surface area contributed by atoms with E-state index >= 15 is 0 Å². The fourth-order valence-corrected chi connectivity index (χ4v) is 4.85. The maximum Gasteiger partial charge on any atom is 0.228 e. The molecule has 0 bridgehead atoms. The van der Waals surface area contributed by atoms with Gasteiger partial charge in [-0.2, -0.15) is 0 Å². The molecule has 164 valence electrons. The molecular weight excluding hydrogens is 398 g/mol. The monoisotopic (exact) mass is 431 g/mol. The third-order valence-corrected chi connectivity index (χ3v) is 6.27. The van der Waals surface area contributed by atoms with Gasteiger partial charge in [0.2, 0.25) is 20.9 Å². The maximum atomic E-state index is 13.2. The first-order valence-electron chi connectivity index (χ1n) is 10.3. The number of aromatic nitrogens is 2. The van der Waals surface area contributed by atoms with Crippen LogP contribution >= 0.6 is 0 Å². The molecule has 1 aromatic heterocycles. The van der Waals surface area contributed by atoms with Crippen LogP contribution in [-0.4, -0.2) is 35.3 Å². The summed E-state index contributed by atoms with van der Waals surface area (Å²) >= 11 is 0. The van der Waals surface area contributed by atoms with Gasteiger partial charge >= 0.3 is 0 Å². The molecule has 0 fully saturated rings. The summed E-state index contributed by atoms with van der Waals surface area (Å²) in [6.07, 6.45) is 3.26. The fraction of sp³-hybridized carbons (Fsp3) is 0.478. The molecule has 0 N–H and O–H groups in total. The van der Waals surface area contributed by atoms with Gasteiger partial charge in [-0.15, -0.1) is 6.58 Å². The van der Waals surface area contributed by atoms with Crippen molar-refractivity contribution in [3.63, 3.8) is 0 Å². The number of sulfone groups is 1. The average Bonchev–Trinajstić information content (AvgIpc) is 3.03. The number of benzene rings is 1. The van der Waals surface area contributed by atoms with Crippen LogP contribution in [0.1, 0.15) is 44.5 Å². The van der Waals surface area contributed by atoms with E-state index in [0.29, 0.717) is 25.3 Å². The molecule has 7 heteroatoms. The van der Waals surface area contributed by atoms with Crippen LogP contribution in [0.15, 0.2) is 48.3 Å². The van der Waals surface area contributed by atoms with Gasteiger partial charge < -0.3 is 9.47 Å². The van der Waals surface area contributed by atoms with Crippen LogP contribution in [0.5, 0.6) is 0 Å². The zero-order valence-electron chi connectivity index (χ0n) is 18.6. The molecule has 6 nitrogen and oxygen atoms in total. The smallest absolute Gasteiger partial charge is 0.228 e. The molecule has 30 heavy (non-hydrogen) atoms. The van der Waals surface area contributed by atoms with Gasteiger partial charge in [0, 0.05) is 19.0 Å². The van der Waals surface area contributed by atoms with Crippen molar-refractivity contribution in [3.05, 3.63) is 59.9 Å². The summed E-state index contributed by atoms with van der Waals surface area (Å²) in [6, 6.07) is 7.49. The molecule has 1 aromatic carbocycles. The summed E-state index contributed by atoms with van der Waals surface area (Å²) in [5.74, 6) is -0.0447. The molecule has 2 rings (SSSR count). The van der Waals surface area contributed by atoms with Gasteiger partial charge in [-0.3, -0.25) is 4.79 Å². The summed E-state index contributed by atoms with van der Waals surface area (Å²) < 4.78 is 28.2. The van der Waals surface area contributed by atoms with Crippen molar-refractivity contribution in [2.24, 2.45) is 11.8 Å². The second-order valence-corrected chi connectivity index (χ2v) is 10.3. The van der Waals surface area contributed by atoms with Crippen LogP contribution in [0.25, 0.3) is 0 Å². The van der Waals surface area contributed by atoms with E-state index < -0.39 is 9.84 Å². The minimum Gasteiger partial charge on any atom is -0.333 e. The third kappa shape index (κ3) is 6.05. The molecule has 0 saturated heterocycles. The van der Waals surface area contributed by atoms with Crippen molar-refractivity contribution in [3.8, 4) is 0 Å². The topological polar surface area (TPSA) is 72.3 Å². The number of imidazole rings is 1. The minimum atomic E-state index is -3.64. The number of carbonyl (C=O) groups is 1. The predicted molar refractivity (Wildman–Crippen MR) is 120 cm³/mol.